The normalized spacial score (nSPS) is 42.8. The van der Waals surface area contributed by atoms with Crippen LogP contribution in [-0.4, -0.2) is 15.6 Å². The van der Waals surface area contributed by atoms with Crippen molar-refractivity contribution in [1.82, 2.24) is 9.78 Å². The fourth-order valence-corrected chi connectivity index (χ4v) is 9.41. The van der Waals surface area contributed by atoms with E-state index in [9.17, 15) is 4.79 Å². The van der Waals surface area contributed by atoms with Crippen molar-refractivity contribution >= 4 is 5.78 Å². The maximum absolute atomic E-state index is 13.5. The Bertz CT molecular complexity index is 914. The third-order valence-corrected chi connectivity index (χ3v) is 11.1. The molecule has 4 aliphatic carbocycles. The number of nitriles is 1. The van der Waals surface area contributed by atoms with Crippen LogP contribution >= 0.6 is 0 Å². The van der Waals surface area contributed by atoms with Gasteiger partial charge in [0.2, 0.25) is 0 Å². The summed E-state index contributed by atoms with van der Waals surface area (Å²) in [5.41, 5.74) is 1.28. The van der Waals surface area contributed by atoms with Gasteiger partial charge in [-0.3, -0.25) is 9.48 Å². The molecule has 0 amide bonds. The molecule has 8 atom stereocenters. The number of fused-ring (bicyclic) bond motifs is 5. The first-order valence-electron chi connectivity index (χ1n) is 13.8. The molecule has 0 radical (unpaired) electrons. The van der Waals surface area contributed by atoms with Crippen LogP contribution in [-0.2, 0) is 11.3 Å². The summed E-state index contributed by atoms with van der Waals surface area (Å²) in [6, 6.07) is 2.13. The van der Waals surface area contributed by atoms with Gasteiger partial charge in [-0.15, -0.1) is 0 Å². The second-order valence-electron chi connectivity index (χ2n) is 12.7. The van der Waals surface area contributed by atoms with Crippen LogP contribution in [0.25, 0.3) is 0 Å². The van der Waals surface area contributed by atoms with Crippen LogP contribution < -0.4 is 0 Å². The Kier molecular flexibility index (Phi) is 6.21. The zero-order chi connectivity index (χ0) is 23.2. The van der Waals surface area contributed by atoms with Gasteiger partial charge in [0.05, 0.1) is 11.8 Å². The Morgan fingerprint density at radius 1 is 1.09 bits per heavy atom. The highest BCUT2D eigenvalue weighted by atomic mass is 16.1. The van der Waals surface area contributed by atoms with Gasteiger partial charge in [0, 0.05) is 25.1 Å². The molecule has 1 aromatic rings. The van der Waals surface area contributed by atoms with E-state index in [-0.39, 0.29) is 11.3 Å². The lowest BCUT2D eigenvalue weighted by Gasteiger charge is -2.62. The first-order valence-corrected chi connectivity index (χ1v) is 13.8. The summed E-state index contributed by atoms with van der Waals surface area (Å²) < 4.78 is 1.77. The molecule has 4 aliphatic rings. The van der Waals surface area contributed by atoms with E-state index >= 15 is 0 Å². The van der Waals surface area contributed by atoms with E-state index < -0.39 is 0 Å². The van der Waals surface area contributed by atoms with E-state index in [4.69, 9.17) is 5.26 Å². The number of rotatable bonds is 4. The van der Waals surface area contributed by atoms with Gasteiger partial charge in [0.25, 0.3) is 0 Å². The van der Waals surface area contributed by atoms with Crippen molar-refractivity contribution in [2.24, 2.45) is 46.3 Å². The summed E-state index contributed by atoms with van der Waals surface area (Å²) in [5, 5.41) is 13.3. The number of aryl methyl sites for hydroxylation is 1. The van der Waals surface area contributed by atoms with E-state index in [1.165, 1.54) is 64.2 Å². The van der Waals surface area contributed by atoms with E-state index in [0.29, 0.717) is 29.7 Å². The molecule has 0 N–H and O–H groups in total. The molecule has 0 saturated heterocycles. The summed E-state index contributed by atoms with van der Waals surface area (Å²) in [5.74, 6) is 4.92. The van der Waals surface area contributed by atoms with Crippen molar-refractivity contribution in [3.63, 3.8) is 0 Å². The second kappa shape index (κ2) is 8.86. The van der Waals surface area contributed by atoms with Crippen molar-refractivity contribution in [3.05, 3.63) is 18.0 Å². The number of Topliss-reactive ketones (excluding diaryl/α,β-unsaturated/α-hetero) is 1. The summed E-state index contributed by atoms with van der Waals surface area (Å²) in [6.45, 7) is 8.24. The molecule has 0 spiro atoms. The number of carbonyl (C=O) groups excluding carboxylic acids is 1. The fraction of sp³-hybridized carbons (Fsp3) is 0.828. The maximum atomic E-state index is 13.5. The molecule has 33 heavy (non-hydrogen) atoms. The van der Waals surface area contributed by atoms with Crippen LogP contribution in [0.3, 0.4) is 0 Å². The molecule has 4 saturated carbocycles. The Hall–Kier alpha value is -1.63. The van der Waals surface area contributed by atoms with Crippen molar-refractivity contribution < 1.29 is 4.79 Å². The lowest BCUT2D eigenvalue weighted by molar-refractivity contribution is -0.151. The molecular weight excluding hydrogens is 406 g/mol. The van der Waals surface area contributed by atoms with Crippen molar-refractivity contribution in [2.75, 3.05) is 0 Å². The van der Waals surface area contributed by atoms with E-state index in [1.807, 2.05) is 0 Å². The van der Waals surface area contributed by atoms with Crippen LogP contribution in [0.2, 0.25) is 0 Å². The quantitative estimate of drug-likeness (QED) is 0.508. The molecular formula is C29H43N3O. The van der Waals surface area contributed by atoms with Gasteiger partial charge in [-0.25, -0.2) is 0 Å². The first-order chi connectivity index (χ1) is 15.8. The molecule has 0 bridgehead atoms. The molecule has 0 aliphatic heterocycles. The lowest BCUT2D eigenvalue weighted by atomic mass is 9.42. The third-order valence-electron chi connectivity index (χ3n) is 11.1. The molecule has 1 heterocycles. The molecule has 5 rings (SSSR count). The third kappa shape index (κ3) is 3.98. The van der Waals surface area contributed by atoms with Crippen LogP contribution in [0.5, 0.6) is 0 Å². The average molecular weight is 450 g/mol. The van der Waals surface area contributed by atoms with Crippen LogP contribution in [0.4, 0.5) is 0 Å². The minimum atomic E-state index is 0.180. The number of hydrogen-bond acceptors (Lipinski definition) is 3. The van der Waals surface area contributed by atoms with Gasteiger partial charge in [-0.2, -0.15) is 10.4 Å². The van der Waals surface area contributed by atoms with Crippen LogP contribution in [0, 0.1) is 57.7 Å². The van der Waals surface area contributed by atoms with E-state index in [0.717, 1.165) is 36.0 Å². The van der Waals surface area contributed by atoms with Crippen LogP contribution in [0.15, 0.2) is 12.4 Å². The van der Waals surface area contributed by atoms with Gasteiger partial charge in [0.1, 0.15) is 11.9 Å². The van der Waals surface area contributed by atoms with Crippen molar-refractivity contribution in [2.45, 2.75) is 104 Å². The summed E-state index contributed by atoms with van der Waals surface area (Å²) in [6.07, 6.45) is 18.7. The molecule has 180 valence electrons. The van der Waals surface area contributed by atoms with Gasteiger partial charge < -0.3 is 0 Å². The Labute approximate surface area is 200 Å². The van der Waals surface area contributed by atoms with Crippen molar-refractivity contribution in [3.8, 4) is 6.07 Å². The average Bonchev–Trinajstić information content (AvgIpc) is 3.20. The molecule has 1 aromatic heterocycles. The zero-order valence-electron chi connectivity index (χ0n) is 21.1. The number of hydrogen-bond donors (Lipinski definition) is 0. The summed E-state index contributed by atoms with van der Waals surface area (Å²) >= 11 is 0. The molecule has 0 aromatic carbocycles. The van der Waals surface area contributed by atoms with Gasteiger partial charge >= 0.3 is 0 Å². The predicted octanol–water partition coefficient (Wildman–Crippen LogP) is 6.79. The molecule has 4 fully saturated rings. The van der Waals surface area contributed by atoms with Crippen LogP contribution in [0.1, 0.15) is 103 Å². The number of carbonyl (C=O) groups is 1. The van der Waals surface area contributed by atoms with E-state index in [1.54, 1.807) is 17.1 Å². The van der Waals surface area contributed by atoms with Gasteiger partial charge in [0.15, 0.2) is 0 Å². The van der Waals surface area contributed by atoms with Gasteiger partial charge in [-0.1, -0.05) is 40.0 Å². The lowest BCUT2D eigenvalue weighted by Crippen LogP contribution is -2.56. The smallest absolute Gasteiger partial charge is 0.138 e. The van der Waals surface area contributed by atoms with Gasteiger partial charge in [-0.05, 0) is 91.8 Å². The van der Waals surface area contributed by atoms with Crippen molar-refractivity contribution in [1.29, 1.82) is 5.26 Å². The summed E-state index contributed by atoms with van der Waals surface area (Å²) in [7, 11) is 0. The number of ketones is 1. The highest BCUT2D eigenvalue weighted by molar-refractivity contribution is 5.82. The molecule has 8 unspecified atom stereocenters. The summed E-state index contributed by atoms with van der Waals surface area (Å²) in [4.78, 5) is 13.5. The second-order valence-corrected chi connectivity index (χ2v) is 12.7. The topological polar surface area (TPSA) is 58.7 Å². The highest BCUT2D eigenvalue weighted by Crippen LogP contribution is 2.66. The fourth-order valence-electron chi connectivity index (χ4n) is 9.41. The largest absolute Gasteiger partial charge is 0.299 e. The Balaban J connectivity index is 1.32. The zero-order valence-corrected chi connectivity index (χ0v) is 21.1. The number of aromatic nitrogens is 2. The Morgan fingerprint density at radius 2 is 1.91 bits per heavy atom. The monoisotopic (exact) mass is 449 g/mol. The number of nitrogens with zero attached hydrogens (tertiary/aromatic N) is 3. The maximum Gasteiger partial charge on any atom is 0.138 e. The predicted molar refractivity (Wildman–Crippen MR) is 130 cm³/mol. The SMILES string of the molecule is CC1CCCC2(C)C(CCC3C2CCC2(C)C(C(=O)CCn4cc(C#N)cn4)CCCC32)C1. The van der Waals surface area contributed by atoms with E-state index in [2.05, 4.69) is 31.9 Å². The minimum Gasteiger partial charge on any atom is -0.299 e. The molecule has 4 heteroatoms. The first kappa shape index (κ1) is 23.1. The Morgan fingerprint density at radius 3 is 2.70 bits per heavy atom. The minimum absolute atomic E-state index is 0.180. The standard InChI is InChI=1S/C29H43N3O/c1-20-6-5-13-28(2)22(16-20)9-10-23-24-7-4-8-26(29(24,3)14-11-25(23)28)27(33)12-15-32-19-21(17-30)18-31-32/h18-20,22-26H,4-16H2,1-3H3. The highest BCUT2D eigenvalue weighted by Gasteiger charge is 2.59. The molecule has 4 nitrogen and oxygen atoms in total.